The van der Waals surface area contributed by atoms with Gasteiger partial charge in [-0.15, -0.1) is 11.3 Å². The third-order valence-electron chi connectivity index (χ3n) is 2.68. The molecule has 1 aliphatic rings. The van der Waals surface area contributed by atoms with Crippen molar-refractivity contribution in [1.82, 2.24) is 10.3 Å². The summed E-state index contributed by atoms with van der Waals surface area (Å²) in [7, 11) is 0. The van der Waals surface area contributed by atoms with Crippen molar-refractivity contribution in [3.63, 3.8) is 0 Å². The number of halogens is 2. The number of thiazole rings is 1. The van der Waals surface area contributed by atoms with Gasteiger partial charge in [0.15, 0.2) is 5.69 Å². The molecule has 1 N–H and O–H groups in total. The molecule has 0 unspecified atom stereocenters. The summed E-state index contributed by atoms with van der Waals surface area (Å²) >= 11 is 8.19. The van der Waals surface area contributed by atoms with E-state index < -0.39 is 0 Å². The average molecular weight is 354 g/mol. The van der Waals surface area contributed by atoms with Crippen molar-refractivity contribution < 1.29 is 4.79 Å². The molecule has 3 nitrogen and oxygen atoms in total. The van der Waals surface area contributed by atoms with Gasteiger partial charge in [0.05, 0.1) is 11.0 Å². The molecule has 1 heterocycles. The van der Waals surface area contributed by atoms with E-state index in [2.05, 4.69) is 42.2 Å². The highest BCUT2D eigenvalue weighted by atomic mass is 79.9. The van der Waals surface area contributed by atoms with Crippen LogP contribution in [0.3, 0.4) is 0 Å². The normalized spacial score (nSPS) is 18.3. The lowest BCUT2D eigenvalue weighted by Crippen LogP contribution is -2.55. The minimum atomic E-state index is -0.0812. The molecule has 0 spiro atoms. The highest BCUT2D eigenvalue weighted by molar-refractivity contribution is 9.11. The first-order valence-electron chi connectivity index (χ1n) is 4.64. The van der Waals surface area contributed by atoms with Gasteiger partial charge in [0.1, 0.15) is 3.79 Å². The lowest BCUT2D eigenvalue weighted by atomic mass is 9.78. The highest BCUT2D eigenvalue weighted by Crippen LogP contribution is 2.34. The summed E-state index contributed by atoms with van der Waals surface area (Å²) in [6.07, 6.45) is 3.28. The van der Waals surface area contributed by atoms with E-state index in [0.29, 0.717) is 5.69 Å². The van der Waals surface area contributed by atoms with Crippen LogP contribution in [-0.4, -0.2) is 21.8 Å². The van der Waals surface area contributed by atoms with E-state index in [1.54, 1.807) is 5.51 Å². The van der Waals surface area contributed by atoms with Gasteiger partial charge in [0.25, 0.3) is 5.91 Å². The number of rotatable bonds is 3. The van der Waals surface area contributed by atoms with Crippen molar-refractivity contribution in [3.8, 4) is 0 Å². The maximum absolute atomic E-state index is 11.9. The van der Waals surface area contributed by atoms with Crippen LogP contribution >= 0.6 is 43.2 Å². The topological polar surface area (TPSA) is 42.0 Å². The lowest BCUT2D eigenvalue weighted by molar-refractivity contribution is 0.0851. The lowest BCUT2D eigenvalue weighted by Gasteiger charge is -2.41. The molecular formula is C9H10Br2N2OS. The third kappa shape index (κ3) is 2.26. The molecule has 1 fully saturated rings. The fourth-order valence-corrected chi connectivity index (χ4v) is 3.32. The van der Waals surface area contributed by atoms with Gasteiger partial charge in [-0.25, -0.2) is 4.98 Å². The minimum absolute atomic E-state index is 0.0415. The molecule has 1 amide bonds. The first kappa shape index (κ1) is 11.5. The third-order valence-corrected chi connectivity index (χ3v) is 5.31. The van der Waals surface area contributed by atoms with Crippen LogP contribution in [0.1, 0.15) is 29.8 Å². The first-order chi connectivity index (χ1) is 7.17. The fourth-order valence-electron chi connectivity index (χ4n) is 1.58. The molecular weight excluding hydrogens is 344 g/mol. The zero-order chi connectivity index (χ0) is 10.9. The van der Waals surface area contributed by atoms with E-state index in [9.17, 15) is 4.79 Å². The quantitative estimate of drug-likeness (QED) is 0.849. The first-order valence-corrected chi connectivity index (χ1v) is 7.44. The summed E-state index contributed by atoms with van der Waals surface area (Å²) in [5, 5.41) is 3.86. The van der Waals surface area contributed by atoms with Crippen LogP contribution in [0, 0.1) is 0 Å². The van der Waals surface area contributed by atoms with Crippen LogP contribution in [0.4, 0.5) is 0 Å². The molecule has 1 saturated carbocycles. The number of alkyl halides is 1. The molecule has 82 valence electrons. The number of aromatic nitrogens is 1. The number of nitrogens with one attached hydrogen (secondary N) is 1. The van der Waals surface area contributed by atoms with Crippen LogP contribution in [-0.2, 0) is 0 Å². The molecule has 1 aromatic heterocycles. The Labute approximate surface area is 109 Å². The summed E-state index contributed by atoms with van der Waals surface area (Å²) in [5.41, 5.74) is 2.12. The maximum Gasteiger partial charge on any atom is 0.272 e. The molecule has 1 aromatic rings. The Morgan fingerprint density at radius 3 is 2.80 bits per heavy atom. The fraction of sp³-hybridized carbons (Fsp3) is 0.556. The number of amides is 1. The van der Waals surface area contributed by atoms with Crippen molar-refractivity contribution in [2.75, 3.05) is 5.33 Å². The van der Waals surface area contributed by atoms with E-state index in [1.807, 2.05) is 0 Å². The van der Waals surface area contributed by atoms with Crippen molar-refractivity contribution in [1.29, 1.82) is 0 Å². The molecule has 6 heteroatoms. The van der Waals surface area contributed by atoms with Crippen molar-refractivity contribution in [2.24, 2.45) is 0 Å². The van der Waals surface area contributed by atoms with Crippen LogP contribution in [0.15, 0.2) is 9.30 Å². The predicted molar refractivity (Wildman–Crippen MR) is 67.7 cm³/mol. The van der Waals surface area contributed by atoms with E-state index in [-0.39, 0.29) is 11.4 Å². The molecule has 0 bridgehead atoms. The Morgan fingerprint density at radius 1 is 1.67 bits per heavy atom. The number of carbonyl (C=O) groups is 1. The standard InChI is InChI=1S/C9H10Br2N2OS/c10-4-9(2-1-3-9)13-8(14)6-7(11)15-5-12-6/h5H,1-4H2,(H,13,14). The Hall–Kier alpha value is 0.0600. The van der Waals surface area contributed by atoms with Gasteiger partial charge in [0.2, 0.25) is 0 Å². The van der Waals surface area contributed by atoms with Gasteiger partial charge in [-0.1, -0.05) is 15.9 Å². The molecule has 0 aromatic carbocycles. The number of hydrogen-bond donors (Lipinski definition) is 1. The Balaban J connectivity index is 2.07. The van der Waals surface area contributed by atoms with Gasteiger partial charge >= 0.3 is 0 Å². The summed E-state index contributed by atoms with van der Waals surface area (Å²) in [5.74, 6) is -0.0812. The summed E-state index contributed by atoms with van der Waals surface area (Å²) in [6.45, 7) is 0. The SMILES string of the molecule is O=C(NC1(CBr)CCC1)c1ncsc1Br. The second-order valence-electron chi connectivity index (χ2n) is 3.70. The smallest absolute Gasteiger partial charge is 0.272 e. The number of nitrogens with zero attached hydrogens (tertiary/aromatic N) is 1. The minimum Gasteiger partial charge on any atom is -0.344 e. The van der Waals surface area contributed by atoms with E-state index >= 15 is 0 Å². The van der Waals surface area contributed by atoms with Crippen molar-refractivity contribution in [3.05, 3.63) is 15.0 Å². The largest absolute Gasteiger partial charge is 0.344 e. The van der Waals surface area contributed by atoms with E-state index in [1.165, 1.54) is 17.8 Å². The predicted octanol–water partition coefficient (Wildman–Crippen LogP) is 2.95. The zero-order valence-corrected chi connectivity index (χ0v) is 11.9. The maximum atomic E-state index is 11.9. The Morgan fingerprint density at radius 2 is 2.40 bits per heavy atom. The Bertz CT molecular complexity index is 370. The Kier molecular flexibility index (Phi) is 3.47. The zero-order valence-electron chi connectivity index (χ0n) is 7.93. The molecule has 0 saturated heterocycles. The van der Waals surface area contributed by atoms with Crippen molar-refractivity contribution in [2.45, 2.75) is 24.8 Å². The van der Waals surface area contributed by atoms with Gasteiger partial charge in [-0.2, -0.15) is 0 Å². The number of carbonyl (C=O) groups excluding carboxylic acids is 1. The van der Waals surface area contributed by atoms with Crippen LogP contribution in [0.5, 0.6) is 0 Å². The van der Waals surface area contributed by atoms with E-state index in [4.69, 9.17) is 0 Å². The molecule has 0 radical (unpaired) electrons. The highest BCUT2D eigenvalue weighted by Gasteiger charge is 2.38. The molecule has 0 aliphatic heterocycles. The number of hydrogen-bond acceptors (Lipinski definition) is 3. The van der Waals surface area contributed by atoms with Gasteiger partial charge in [0, 0.05) is 5.33 Å². The second kappa shape index (κ2) is 4.51. The average Bonchev–Trinajstić information content (AvgIpc) is 2.58. The second-order valence-corrected chi connectivity index (χ2v) is 6.43. The van der Waals surface area contributed by atoms with Crippen LogP contribution in [0.25, 0.3) is 0 Å². The summed E-state index contributed by atoms with van der Waals surface area (Å²) < 4.78 is 0.795. The van der Waals surface area contributed by atoms with Gasteiger partial charge < -0.3 is 5.32 Å². The van der Waals surface area contributed by atoms with Gasteiger partial charge in [-0.05, 0) is 35.2 Å². The van der Waals surface area contributed by atoms with Crippen LogP contribution in [0.2, 0.25) is 0 Å². The molecule has 0 atom stereocenters. The molecule has 1 aliphatic carbocycles. The van der Waals surface area contributed by atoms with E-state index in [0.717, 1.165) is 22.0 Å². The summed E-state index contributed by atoms with van der Waals surface area (Å²) in [6, 6.07) is 0. The summed E-state index contributed by atoms with van der Waals surface area (Å²) in [4.78, 5) is 15.9. The van der Waals surface area contributed by atoms with Crippen molar-refractivity contribution >= 4 is 49.1 Å². The monoisotopic (exact) mass is 352 g/mol. The molecule has 2 rings (SSSR count). The van der Waals surface area contributed by atoms with Gasteiger partial charge in [-0.3, -0.25) is 4.79 Å². The molecule has 15 heavy (non-hydrogen) atoms. The van der Waals surface area contributed by atoms with Crippen LogP contribution < -0.4 is 5.32 Å².